The smallest absolute Gasteiger partial charge is 0.276 e. The fourth-order valence-corrected chi connectivity index (χ4v) is 5.82. The van der Waals surface area contributed by atoms with Crippen LogP contribution in [0, 0.1) is 17.9 Å². The highest BCUT2D eigenvalue weighted by atomic mass is 32.2. The molecule has 0 unspecified atom stereocenters. The Bertz CT molecular complexity index is 1850. The van der Waals surface area contributed by atoms with Crippen molar-refractivity contribution in [1.29, 1.82) is 5.26 Å². The number of hydrogen-bond donors (Lipinski definition) is 2. The second-order valence-electron chi connectivity index (χ2n) is 9.24. The third kappa shape index (κ3) is 6.84. The largest absolute Gasteiger partial charge is 0.497 e. The molecule has 12 heteroatoms. The van der Waals surface area contributed by atoms with Crippen LogP contribution in [0.3, 0.4) is 0 Å². The van der Waals surface area contributed by atoms with Gasteiger partial charge in [-0.15, -0.1) is 0 Å². The van der Waals surface area contributed by atoms with E-state index < -0.39 is 11.1 Å². The van der Waals surface area contributed by atoms with Crippen molar-refractivity contribution < 1.29 is 9.47 Å². The van der Waals surface area contributed by atoms with Crippen molar-refractivity contribution in [2.24, 2.45) is 0 Å². The number of nitriles is 1. The first-order valence-corrected chi connectivity index (χ1v) is 15.1. The van der Waals surface area contributed by atoms with Crippen LogP contribution in [0.15, 0.2) is 92.7 Å². The lowest BCUT2D eigenvalue weighted by molar-refractivity contribution is 0.415. The number of aromatic amines is 2. The number of nitrogens with one attached hydrogen (secondary N) is 2. The van der Waals surface area contributed by atoms with Gasteiger partial charge in [-0.1, -0.05) is 59.9 Å². The van der Waals surface area contributed by atoms with E-state index in [1.807, 2.05) is 30.3 Å². The number of H-pyrrole nitrogens is 2. The van der Waals surface area contributed by atoms with E-state index in [1.54, 1.807) is 62.8 Å². The SMILES string of the molecule is [C-]#[N+]c1c(-c2ccc(OC)cc2)nc(SCc2ccc(CSc3nc(-c4ccc(OC)cc4)c(C#N)c(=O)[nH]3)cc2)[nH]c1=O. The van der Waals surface area contributed by atoms with Crippen molar-refractivity contribution in [2.75, 3.05) is 14.2 Å². The van der Waals surface area contributed by atoms with Crippen molar-refractivity contribution >= 4 is 29.2 Å². The van der Waals surface area contributed by atoms with Gasteiger partial charge in [0.2, 0.25) is 0 Å². The highest BCUT2D eigenvalue weighted by molar-refractivity contribution is 7.98. The zero-order valence-electron chi connectivity index (χ0n) is 23.6. The zero-order valence-corrected chi connectivity index (χ0v) is 25.2. The van der Waals surface area contributed by atoms with Gasteiger partial charge >= 0.3 is 0 Å². The lowest BCUT2D eigenvalue weighted by atomic mass is 10.1. The molecule has 218 valence electrons. The fraction of sp³-hybridized carbons (Fsp3) is 0.125. The van der Waals surface area contributed by atoms with E-state index in [-0.39, 0.29) is 11.3 Å². The average Bonchev–Trinajstić information content (AvgIpc) is 3.06. The lowest BCUT2D eigenvalue weighted by Gasteiger charge is -2.09. The third-order valence-corrected chi connectivity index (χ3v) is 8.38. The first-order chi connectivity index (χ1) is 21.4. The van der Waals surface area contributed by atoms with Crippen molar-refractivity contribution in [2.45, 2.75) is 21.8 Å². The predicted molar refractivity (Wildman–Crippen MR) is 170 cm³/mol. The van der Waals surface area contributed by atoms with Gasteiger partial charge in [-0.3, -0.25) is 9.59 Å². The van der Waals surface area contributed by atoms with Crippen LogP contribution in [-0.4, -0.2) is 34.2 Å². The Kier molecular flexibility index (Phi) is 9.45. The average molecular weight is 621 g/mol. The molecule has 0 amide bonds. The maximum atomic E-state index is 12.6. The second-order valence-corrected chi connectivity index (χ2v) is 11.2. The Hall–Kier alpha value is -5.30. The summed E-state index contributed by atoms with van der Waals surface area (Å²) in [5.41, 5.74) is 2.89. The van der Waals surface area contributed by atoms with E-state index in [0.717, 1.165) is 11.1 Å². The van der Waals surface area contributed by atoms with E-state index in [9.17, 15) is 14.9 Å². The Balaban J connectivity index is 1.26. The molecule has 44 heavy (non-hydrogen) atoms. The van der Waals surface area contributed by atoms with Gasteiger partial charge in [-0.2, -0.15) is 5.26 Å². The van der Waals surface area contributed by atoms with E-state index in [0.29, 0.717) is 55.8 Å². The van der Waals surface area contributed by atoms with E-state index in [4.69, 9.17) is 16.0 Å². The van der Waals surface area contributed by atoms with E-state index in [1.165, 1.54) is 23.5 Å². The molecule has 5 aromatic rings. The molecule has 0 saturated carbocycles. The van der Waals surface area contributed by atoms with Gasteiger partial charge in [0.25, 0.3) is 16.8 Å². The summed E-state index contributed by atoms with van der Waals surface area (Å²) in [7, 11) is 3.14. The number of methoxy groups -OCH3 is 2. The van der Waals surface area contributed by atoms with Gasteiger partial charge < -0.3 is 19.4 Å². The molecule has 0 radical (unpaired) electrons. The van der Waals surface area contributed by atoms with Crippen LogP contribution >= 0.6 is 23.5 Å². The molecule has 0 atom stereocenters. The molecular formula is C32H24N6O4S2. The summed E-state index contributed by atoms with van der Waals surface area (Å²) in [5, 5.41) is 10.4. The number of ether oxygens (including phenoxy) is 2. The number of rotatable bonds is 10. The highest BCUT2D eigenvalue weighted by Gasteiger charge is 2.16. The normalized spacial score (nSPS) is 10.5. The topological polar surface area (TPSA) is 138 Å². The van der Waals surface area contributed by atoms with E-state index >= 15 is 0 Å². The van der Waals surface area contributed by atoms with Crippen LogP contribution < -0.4 is 20.6 Å². The van der Waals surface area contributed by atoms with Gasteiger partial charge in [-0.05, 0) is 53.1 Å². The summed E-state index contributed by atoms with van der Waals surface area (Å²) in [5.74, 6) is 2.42. The molecule has 0 spiro atoms. The van der Waals surface area contributed by atoms with Crippen LogP contribution in [-0.2, 0) is 11.5 Å². The molecule has 0 bridgehead atoms. The van der Waals surface area contributed by atoms with Crippen LogP contribution in [0.5, 0.6) is 11.5 Å². The molecule has 10 nitrogen and oxygen atoms in total. The molecule has 3 aromatic carbocycles. The molecule has 0 aliphatic heterocycles. The minimum atomic E-state index is -0.491. The number of hydrogen-bond acceptors (Lipinski definition) is 9. The molecule has 0 aliphatic carbocycles. The van der Waals surface area contributed by atoms with Crippen LogP contribution in [0.4, 0.5) is 5.69 Å². The number of aromatic nitrogens is 4. The zero-order chi connectivity index (χ0) is 31.1. The van der Waals surface area contributed by atoms with Crippen LogP contribution in [0.1, 0.15) is 16.7 Å². The maximum absolute atomic E-state index is 12.6. The Morgan fingerprint density at radius 1 is 0.750 bits per heavy atom. The molecule has 2 aromatic heterocycles. The van der Waals surface area contributed by atoms with E-state index in [2.05, 4.69) is 24.8 Å². The Labute approximate surface area is 261 Å². The van der Waals surface area contributed by atoms with Crippen LogP contribution in [0.2, 0.25) is 0 Å². The Morgan fingerprint density at radius 3 is 1.66 bits per heavy atom. The molecule has 0 fully saturated rings. The molecular weight excluding hydrogens is 597 g/mol. The van der Waals surface area contributed by atoms with Gasteiger partial charge in [0.15, 0.2) is 10.3 Å². The molecule has 2 N–H and O–H groups in total. The Morgan fingerprint density at radius 2 is 1.20 bits per heavy atom. The summed E-state index contributed by atoms with van der Waals surface area (Å²) < 4.78 is 10.4. The van der Waals surface area contributed by atoms with Gasteiger partial charge in [0.1, 0.15) is 23.1 Å². The molecule has 0 aliphatic rings. The minimum absolute atomic E-state index is 0.0444. The molecule has 5 rings (SSSR count). The van der Waals surface area contributed by atoms with Crippen molar-refractivity contribution in [3.63, 3.8) is 0 Å². The van der Waals surface area contributed by atoms with Crippen molar-refractivity contribution in [3.05, 3.63) is 122 Å². The molecule has 0 saturated heterocycles. The summed E-state index contributed by atoms with van der Waals surface area (Å²) in [6.45, 7) is 7.45. The first kappa shape index (κ1) is 30.2. The minimum Gasteiger partial charge on any atom is -0.497 e. The summed E-state index contributed by atoms with van der Waals surface area (Å²) in [4.78, 5) is 43.2. The fourth-order valence-electron chi connectivity index (χ4n) is 4.19. The van der Waals surface area contributed by atoms with Crippen molar-refractivity contribution in [3.8, 4) is 40.1 Å². The number of benzene rings is 3. The summed E-state index contributed by atoms with van der Waals surface area (Å²) in [6.07, 6.45) is 0. The van der Waals surface area contributed by atoms with Gasteiger partial charge in [0, 0.05) is 17.1 Å². The molecule has 2 heterocycles. The summed E-state index contributed by atoms with van der Waals surface area (Å²) >= 11 is 2.72. The maximum Gasteiger partial charge on any atom is 0.276 e. The number of nitrogens with zero attached hydrogens (tertiary/aromatic N) is 4. The van der Waals surface area contributed by atoms with Crippen molar-refractivity contribution in [1.82, 2.24) is 19.9 Å². The standard InChI is InChI=1S/C32H24N6O4S2/c1-34-28-27(22-10-14-24(42-3)15-11-22)36-32(38-30(28)40)44-18-20-6-4-19(5-7-20)17-43-31-35-26(25(16-33)29(39)37-31)21-8-12-23(41-2)13-9-21/h4-15H,17-18H2,2-3H3,(H,35,37,39)(H,36,38,40). The first-order valence-electron chi connectivity index (χ1n) is 13.1. The van der Waals surface area contributed by atoms with Gasteiger partial charge in [0.05, 0.1) is 32.2 Å². The third-order valence-electron chi connectivity index (χ3n) is 6.50. The highest BCUT2D eigenvalue weighted by Crippen LogP contribution is 2.30. The summed E-state index contributed by atoms with van der Waals surface area (Å²) in [6, 6.07) is 24.0. The lowest BCUT2D eigenvalue weighted by Crippen LogP contribution is -2.14. The number of thioether (sulfide) groups is 2. The van der Waals surface area contributed by atoms with Gasteiger partial charge in [-0.25, -0.2) is 14.8 Å². The van der Waals surface area contributed by atoms with Crippen LogP contribution in [0.25, 0.3) is 27.4 Å². The quantitative estimate of drug-likeness (QED) is 0.106. The predicted octanol–water partition coefficient (Wildman–Crippen LogP) is 6.21. The second kappa shape index (κ2) is 13.8. The monoisotopic (exact) mass is 620 g/mol.